The lowest BCUT2D eigenvalue weighted by Gasteiger charge is -2.38. The molecule has 0 radical (unpaired) electrons. The Morgan fingerprint density at radius 3 is 2.77 bits per heavy atom. The normalized spacial score (nSPS) is 15.7. The summed E-state index contributed by atoms with van der Waals surface area (Å²) in [5, 5.41) is 2.48. The number of alkyl halides is 2. The molecule has 134 valence electrons. The van der Waals surface area contributed by atoms with Crippen LogP contribution in [-0.2, 0) is 0 Å². The number of likely N-dealkylation sites (tertiary alicyclic amines) is 1. The lowest BCUT2D eigenvalue weighted by Crippen LogP contribution is -2.59. The van der Waals surface area contributed by atoms with Gasteiger partial charge in [0, 0.05) is 23.6 Å². The van der Waals surface area contributed by atoms with Gasteiger partial charge in [0.2, 0.25) is 5.78 Å². The van der Waals surface area contributed by atoms with Crippen molar-refractivity contribution in [2.45, 2.75) is 5.92 Å². The predicted octanol–water partition coefficient (Wildman–Crippen LogP) is 2.60. The van der Waals surface area contributed by atoms with Gasteiger partial charge in [0.25, 0.3) is 5.92 Å². The summed E-state index contributed by atoms with van der Waals surface area (Å²) in [7, 11) is 0. The highest BCUT2D eigenvalue weighted by Gasteiger charge is 2.46. The highest BCUT2D eigenvalue weighted by Crippen LogP contribution is 2.29. The van der Waals surface area contributed by atoms with Crippen molar-refractivity contribution in [3.05, 3.63) is 42.6 Å². The number of urea groups is 1. The van der Waals surface area contributed by atoms with Gasteiger partial charge in [0.15, 0.2) is 0 Å². The van der Waals surface area contributed by atoms with Crippen LogP contribution in [0.1, 0.15) is 0 Å². The molecule has 1 fully saturated rings. The number of fused-ring (bicyclic) bond motifs is 1. The third-order valence-corrected chi connectivity index (χ3v) is 3.96. The number of carbonyl (C=O) groups excluding carboxylic acids is 1. The fourth-order valence-electron chi connectivity index (χ4n) is 2.69. The predicted molar refractivity (Wildman–Crippen MR) is 88.3 cm³/mol. The van der Waals surface area contributed by atoms with Crippen molar-refractivity contribution in [1.82, 2.24) is 19.3 Å². The Labute approximate surface area is 145 Å². The van der Waals surface area contributed by atoms with Gasteiger partial charge >= 0.3 is 6.03 Å². The molecule has 1 aromatic carbocycles. The van der Waals surface area contributed by atoms with E-state index in [0.717, 1.165) is 4.90 Å². The first-order valence-electron chi connectivity index (χ1n) is 7.65. The number of hydrogen-bond acceptors (Lipinski definition) is 4. The van der Waals surface area contributed by atoms with Crippen LogP contribution in [0.25, 0.3) is 17.0 Å². The molecule has 3 heterocycles. The number of rotatable bonds is 2. The number of amides is 2. The molecule has 1 aliphatic heterocycles. The monoisotopic (exact) mass is 362 g/mol. The summed E-state index contributed by atoms with van der Waals surface area (Å²) >= 11 is 0. The van der Waals surface area contributed by atoms with Gasteiger partial charge < -0.3 is 16.0 Å². The molecule has 0 bridgehead atoms. The van der Waals surface area contributed by atoms with Crippen LogP contribution < -0.4 is 11.1 Å². The Balaban J connectivity index is 1.60. The van der Waals surface area contributed by atoms with Gasteiger partial charge in [-0.1, -0.05) is 0 Å². The van der Waals surface area contributed by atoms with Crippen molar-refractivity contribution >= 4 is 23.2 Å². The Kier molecular flexibility index (Phi) is 3.49. The van der Waals surface area contributed by atoms with E-state index >= 15 is 0 Å². The van der Waals surface area contributed by atoms with E-state index < -0.39 is 30.9 Å². The SMILES string of the molecule is Nc1cnc2nc(-c3cc(NC(=O)N4CC(F)(F)C4)ccc3F)cn2c1. The maximum atomic E-state index is 14.2. The minimum Gasteiger partial charge on any atom is -0.396 e. The number of nitrogens with zero attached hydrogens (tertiary/aromatic N) is 4. The Hall–Kier alpha value is -3.30. The summed E-state index contributed by atoms with van der Waals surface area (Å²) in [6.45, 7) is -1.27. The zero-order chi connectivity index (χ0) is 18.5. The van der Waals surface area contributed by atoms with Crippen molar-refractivity contribution in [3.8, 4) is 11.3 Å². The van der Waals surface area contributed by atoms with E-state index in [1.165, 1.54) is 24.4 Å². The fraction of sp³-hybridized carbons (Fsp3) is 0.188. The van der Waals surface area contributed by atoms with Crippen molar-refractivity contribution < 1.29 is 18.0 Å². The summed E-state index contributed by atoms with van der Waals surface area (Å²) in [6.07, 6.45) is 4.58. The molecule has 0 atom stereocenters. The molecular weight excluding hydrogens is 349 g/mol. The second-order valence-electron chi connectivity index (χ2n) is 6.06. The lowest BCUT2D eigenvalue weighted by molar-refractivity contribution is -0.107. The first-order valence-corrected chi connectivity index (χ1v) is 7.65. The van der Waals surface area contributed by atoms with E-state index in [-0.39, 0.29) is 11.3 Å². The first kappa shape index (κ1) is 16.2. The van der Waals surface area contributed by atoms with Crippen LogP contribution in [0.2, 0.25) is 0 Å². The molecule has 0 unspecified atom stereocenters. The number of carbonyl (C=O) groups is 1. The van der Waals surface area contributed by atoms with Gasteiger partial charge in [0.1, 0.15) is 5.82 Å². The minimum atomic E-state index is -2.85. The zero-order valence-electron chi connectivity index (χ0n) is 13.3. The average Bonchev–Trinajstić information content (AvgIpc) is 2.97. The van der Waals surface area contributed by atoms with Gasteiger partial charge in [-0.15, -0.1) is 0 Å². The highest BCUT2D eigenvalue weighted by atomic mass is 19.3. The minimum absolute atomic E-state index is 0.140. The molecule has 2 aromatic heterocycles. The first-order chi connectivity index (χ1) is 12.3. The molecule has 1 aliphatic rings. The smallest absolute Gasteiger partial charge is 0.322 e. The lowest BCUT2D eigenvalue weighted by atomic mass is 10.1. The third kappa shape index (κ3) is 2.89. The third-order valence-electron chi connectivity index (χ3n) is 3.96. The highest BCUT2D eigenvalue weighted by molar-refractivity contribution is 5.90. The average molecular weight is 362 g/mol. The van der Waals surface area contributed by atoms with Crippen LogP contribution in [0.3, 0.4) is 0 Å². The van der Waals surface area contributed by atoms with Crippen molar-refractivity contribution in [2.24, 2.45) is 0 Å². The summed E-state index contributed by atoms with van der Waals surface area (Å²) < 4.78 is 41.5. The van der Waals surface area contributed by atoms with Crippen LogP contribution in [0.5, 0.6) is 0 Å². The molecule has 1 saturated heterocycles. The molecule has 0 saturated carbocycles. The van der Waals surface area contributed by atoms with E-state index in [4.69, 9.17) is 5.73 Å². The molecule has 2 amide bonds. The molecule has 4 rings (SSSR count). The summed E-state index contributed by atoms with van der Waals surface area (Å²) in [4.78, 5) is 21.2. The van der Waals surface area contributed by atoms with Gasteiger partial charge in [0.05, 0.1) is 30.7 Å². The summed E-state index contributed by atoms with van der Waals surface area (Å²) in [6, 6.07) is 3.23. The van der Waals surface area contributed by atoms with E-state index in [1.54, 1.807) is 16.8 Å². The molecular formula is C16H13F3N6O. The van der Waals surface area contributed by atoms with E-state index in [2.05, 4.69) is 15.3 Å². The zero-order valence-corrected chi connectivity index (χ0v) is 13.3. The van der Waals surface area contributed by atoms with E-state index in [0.29, 0.717) is 17.2 Å². The van der Waals surface area contributed by atoms with Crippen LogP contribution in [0.15, 0.2) is 36.8 Å². The summed E-state index contributed by atoms with van der Waals surface area (Å²) in [5.41, 5.74) is 6.79. The Morgan fingerprint density at radius 1 is 1.27 bits per heavy atom. The Morgan fingerprint density at radius 2 is 2.04 bits per heavy atom. The maximum absolute atomic E-state index is 14.2. The number of benzene rings is 1. The standard InChI is InChI=1S/C16H13F3N6O/c17-12-2-1-10(22-15(26)25-7-16(18,19)8-25)3-11(12)13-6-24-5-9(20)4-21-14(24)23-13/h1-6H,7-8,20H2,(H,22,26). The maximum Gasteiger partial charge on any atom is 0.322 e. The number of anilines is 2. The Bertz CT molecular complexity index is 1010. The van der Waals surface area contributed by atoms with Gasteiger partial charge in [-0.25, -0.2) is 27.9 Å². The molecule has 3 aromatic rings. The molecule has 0 spiro atoms. The molecule has 3 N–H and O–H groups in total. The number of nitrogen functional groups attached to an aromatic ring is 1. The van der Waals surface area contributed by atoms with E-state index in [9.17, 15) is 18.0 Å². The molecule has 10 heteroatoms. The van der Waals surface area contributed by atoms with Crippen LogP contribution in [0.4, 0.5) is 29.3 Å². The fourth-order valence-corrected chi connectivity index (χ4v) is 2.69. The number of imidazole rings is 1. The number of hydrogen-bond donors (Lipinski definition) is 2. The van der Waals surface area contributed by atoms with Crippen molar-refractivity contribution in [3.63, 3.8) is 0 Å². The van der Waals surface area contributed by atoms with Crippen molar-refractivity contribution in [1.29, 1.82) is 0 Å². The van der Waals surface area contributed by atoms with Gasteiger partial charge in [-0.2, -0.15) is 0 Å². The number of halogens is 3. The quantitative estimate of drug-likeness (QED) is 0.733. The van der Waals surface area contributed by atoms with Crippen LogP contribution >= 0.6 is 0 Å². The number of nitrogens with two attached hydrogens (primary N) is 1. The largest absolute Gasteiger partial charge is 0.396 e. The van der Waals surface area contributed by atoms with Gasteiger partial charge in [-0.05, 0) is 18.2 Å². The van der Waals surface area contributed by atoms with Crippen LogP contribution in [-0.4, -0.2) is 44.3 Å². The number of nitrogens with one attached hydrogen (secondary N) is 1. The van der Waals surface area contributed by atoms with Crippen LogP contribution in [0, 0.1) is 5.82 Å². The molecule has 0 aliphatic carbocycles. The number of aromatic nitrogens is 3. The molecule has 7 nitrogen and oxygen atoms in total. The summed E-state index contributed by atoms with van der Waals surface area (Å²) in [5.74, 6) is -3.06. The topological polar surface area (TPSA) is 88.5 Å². The second-order valence-corrected chi connectivity index (χ2v) is 6.06. The van der Waals surface area contributed by atoms with Gasteiger partial charge in [-0.3, -0.25) is 4.40 Å². The second kappa shape index (κ2) is 5.61. The molecule has 26 heavy (non-hydrogen) atoms. The van der Waals surface area contributed by atoms with Crippen molar-refractivity contribution in [2.75, 3.05) is 24.1 Å². The van der Waals surface area contributed by atoms with E-state index in [1.807, 2.05) is 0 Å².